The highest BCUT2D eigenvalue weighted by Gasteiger charge is 2.21. The van der Waals surface area contributed by atoms with Gasteiger partial charge in [-0.2, -0.15) is 0 Å². The first-order valence-electron chi connectivity index (χ1n) is 6.00. The predicted molar refractivity (Wildman–Crippen MR) is 71.0 cm³/mol. The molecule has 0 aliphatic carbocycles. The van der Waals surface area contributed by atoms with Crippen LogP contribution in [0.3, 0.4) is 0 Å². The van der Waals surface area contributed by atoms with E-state index in [1.54, 1.807) is 21.3 Å². The summed E-state index contributed by atoms with van der Waals surface area (Å²) in [5.41, 5.74) is 1.91. The van der Waals surface area contributed by atoms with E-state index in [1.807, 2.05) is 19.9 Å². The minimum absolute atomic E-state index is 0.142. The first-order valence-corrected chi connectivity index (χ1v) is 6.00. The van der Waals surface area contributed by atoms with Crippen molar-refractivity contribution in [3.05, 3.63) is 17.2 Å². The Labute approximate surface area is 108 Å². The predicted octanol–water partition coefficient (Wildman–Crippen LogP) is 2.51. The Morgan fingerprint density at radius 3 is 2.17 bits per heavy atom. The minimum Gasteiger partial charge on any atom is -0.496 e. The highest BCUT2D eigenvalue weighted by atomic mass is 16.5. The summed E-state index contributed by atoms with van der Waals surface area (Å²) in [7, 11) is 4.87. The van der Waals surface area contributed by atoms with Crippen molar-refractivity contribution in [2.45, 2.75) is 26.2 Å². The standard InChI is InChI=1S/C14H22O4/c1-9(6-7-15)11-8-12(16-3)10(2)13(17-4)14(11)18-5/h8-9,15H,6-7H2,1-5H3. The number of hydrogen-bond acceptors (Lipinski definition) is 4. The van der Waals surface area contributed by atoms with Gasteiger partial charge >= 0.3 is 0 Å². The number of aliphatic hydroxyl groups excluding tert-OH is 1. The van der Waals surface area contributed by atoms with Crippen LogP contribution < -0.4 is 14.2 Å². The maximum Gasteiger partial charge on any atom is 0.167 e. The Morgan fingerprint density at radius 1 is 1.11 bits per heavy atom. The summed E-state index contributed by atoms with van der Waals surface area (Å²) >= 11 is 0. The molecule has 18 heavy (non-hydrogen) atoms. The Bertz CT molecular complexity index is 401. The van der Waals surface area contributed by atoms with Gasteiger partial charge in [-0.05, 0) is 25.3 Å². The van der Waals surface area contributed by atoms with Crippen LogP contribution in [0.2, 0.25) is 0 Å². The smallest absolute Gasteiger partial charge is 0.167 e. The van der Waals surface area contributed by atoms with Gasteiger partial charge in [0.25, 0.3) is 0 Å². The zero-order chi connectivity index (χ0) is 13.7. The lowest BCUT2D eigenvalue weighted by Gasteiger charge is -2.21. The van der Waals surface area contributed by atoms with Crippen LogP contribution >= 0.6 is 0 Å². The number of aliphatic hydroxyl groups is 1. The molecule has 0 fully saturated rings. The molecular formula is C14H22O4. The summed E-state index contributed by atoms with van der Waals surface area (Å²) in [6.07, 6.45) is 0.672. The fourth-order valence-electron chi connectivity index (χ4n) is 2.11. The molecule has 1 N–H and O–H groups in total. The average Bonchev–Trinajstić information content (AvgIpc) is 2.38. The van der Waals surface area contributed by atoms with E-state index in [0.717, 1.165) is 22.6 Å². The lowest BCUT2D eigenvalue weighted by Crippen LogP contribution is -2.04. The molecule has 0 radical (unpaired) electrons. The molecule has 1 aromatic carbocycles. The van der Waals surface area contributed by atoms with E-state index in [9.17, 15) is 0 Å². The van der Waals surface area contributed by atoms with Crippen LogP contribution in [0, 0.1) is 6.92 Å². The van der Waals surface area contributed by atoms with Crippen molar-refractivity contribution in [1.29, 1.82) is 0 Å². The van der Waals surface area contributed by atoms with Crippen molar-refractivity contribution in [3.63, 3.8) is 0 Å². The van der Waals surface area contributed by atoms with Gasteiger partial charge in [-0.15, -0.1) is 0 Å². The molecule has 4 heteroatoms. The van der Waals surface area contributed by atoms with E-state index in [-0.39, 0.29) is 12.5 Å². The lowest BCUT2D eigenvalue weighted by molar-refractivity contribution is 0.276. The van der Waals surface area contributed by atoms with Gasteiger partial charge in [0.15, 0.2) is 11.5 Å². The van der Waals surface area contributed by atoms with Crippen LogP contribution in [0.15, 0.2) is 6.07 Å². The molecule has 102 valence electrons. The van der Waals surface area contributed by atoms with Crippen LogP contribution in [-0.2, 0) is 0 Å². The zero-order valence-corrected chi connectivity index (χ0v) is 11.7. The molecule has 1 rings (SSSR count). The van der Waals surface area contributed by atoms with E-state index >= 15 is 0 Å². The Kier molecular flexibility index (Phi) is 5.28. The number of rotatable bonds is 6. The summed E-state index contributed by atoms with van der Waals surface area (Å²) in [6.45, 7) is 4.12. The van der Waals surface area contributed by atoms with Crippen LogP contribution in [0.25, 0.3) is 0 Å². The van der Waals surface area contributed by atoms with Crippen molar-refractivity contribution in [3.8, 4) is 17.2 Å². The molecule has 0 aromatic heterocycles. The summed E-state index contributed by atoms with van der Waals surface area (Å²) < 4.78 is 16.2. The van der Waals surface area contributed by atoms with Gasteiger partial charge < -0.3 is 19.3 Å². The van der Waals surface area contributed by atoms with Gasteiger partial charge in [0.05, 0.1) is 21.3 Å². The highest BCUT2D eigenvalue weighted by Crippen LogP contribution is 2.43. The van der Waals surface area contributed by atoms with Gasteiger partial charge in [0, 0.05) is 17.7 Å². The number of benzene rings is 1. The van der Waals surface area contributed by atoms with E-state index in [1.165, 1.54) is 0 Å². The van der Waals surface area contributed by atoms with Crippen molar-refractivity contribution in [1.82, 2.24) is 0 Å². The van der Waals surface area contributed by atoms with Crippen molar-refractivity contribution in [2.75, 3.05) is 27.9 Å². The zero-order valence-electron chi connectivity index (χ0n) is 11.7. The molecule has 0 aliphatic heterocycles. The molecule has 0 bridgehead atoms. The van der Waals surface area contributed by atoms with Gasteiger partial charge in [-0.25, -0.2) is 0 Å². The third-order valence-electron chi connectivity index (χ3n) is 3.19. The van der Waals surface area contributed by atoms with E-state index in [0.29, 0.717) is 12.2 Å². The molecule has 1 atom stereocenters. The number of hydrogen-bond donors (Lipinski definition) is 1. The van der Waals surface area contributed by atoms with Crippen LogP contribution in [0.1, 0.15) is 30.4 Å². The molecule has 1 unspecified atom stereocenters. The van der Waals surface area contributed by atoms with E-state index < -0.39 is 0 Å². The largest absolute Gasteiger partial charge is 0.496 e. The molecule has 4 nitrogen and oxygen atoms in total. The van der Waals surface area contributed by atoms with Crippen LogP contribution in [0.4, 0.5) is 0 Å². The SMILES string of the molecule is COc1cc(C(C)CCO)c(OC)c(OC)c1C. The Morgan fingerprint density at radius 2 is 1.72 bits per heavy atom. The van der Waals surface area contributed by atoms with E-state index in [2.05, 4.69) is 0 Å². The summed E-state index contributed by atoms with van der Waals surface area (Å²) in [6, 6.07) is 1.96. The first kappa shape index (κ1) is 14.6. The minimum atomic E-state index is 0.142. The Hall–Kier alpha value is -1.42. The monoisotopic (exact) mass is 254 g/mol. The number of methoxy groups -OCH3 is 3. The van der Waals surface area contributed by atoms with Crippen LogP contribution in [0.5, 0.6) is 17.2 Å². The quantitative estimate of drug-likeness (QED) is 0.847. The maximum absolute atomic E-state index is 9.07. The first-order chi connectivity index (χ1) is 8.60. The molecular weight excluding hydrogens is 232 g/mol. The molecule has 0 saturated carbocycles. The molecule has 0 amide bonds. The van der Waals surface area contributed by atoms with Gasteiger partial charge in [-0.3, -0.25) is 0 Å². The number of ether oxygens (including phenoxy) is 3. The average molecular weight is 254 g/mol. The second-order valence-corrected chi connectivity index (χ2v) is 4.27. The van der Waals surface area contributed by atoms with Crippen molar-refractivity contribution < 1.29 is 19.3 Å². The molecule has 0 saturated heterocycles. The fourth-order valence-corrected chi connectivity index (χ4v) is 2.11. The normalized spacial score (nSPS) is 12.1. The fraction of sp³-hybridized carbons (Fsp3) is 0.571. The van der Waals surface area contributed by atoms with Crippen molar-refractivity contribution in [2.24, 2.45) is 0 Å². The second-order valence-electron chi connectivity index (χ2n) is 4.27. The molecule has 0 spiro atoms. The molecule has 0 aliphatic rings. The molecule has 0 heterocycles. The second kappa shape index (κ2) is 6.50. The topological polar surface area (TPSA) is 47.9 Å². The third kappa shape index (κ3) is 2.70. The van der Waals surface area contributed by atoms with Gasteiger partial charge in [-0.1, -0.05) is 6.92 Å². The summed E-state index contributed by atoms with van der Waals surface area (Å²) in [5.74, 6) is 2.36. The van der Waals surface area contributed by atoms with E-state index in [4.69, 9.17) is 19.3 Å². The third-order valence-corrected chi connectivity index (χ3v) is 3.19. The lowest BCUT2D eigenvalue weighted by atomic mass is 9.94. The molecule has 1 aromatic rings. The maximum atomic E-state index is 9.07. The highest BCUT2D eigenvalue weighted by molar-refractivity contribution is 5.58. The Balaban J connectivity index is 3.39. The summed E-state index contributed by atoms with van der Waals surface area (Å²) in [4.78, 5) is 0. The van der Waals surface area contributed by atoms with Gasteiger partial charge in [0.2, 0.25) is 0 Å². The van der Waals surface area contributed by atoms with Gasteiger partial charge in [0.1, 0.15) is 5.75 Å². The van der Waals surface area contributed by atoms with Crippen molar-refractivity contribution >= 4 is 0 Å². The van der Waals surface area contributed by atoms with Crippen LogP contribution in [-0.4, -0.2) is 33.0 Å². The summed E-state index contributed by atoms with van der Waals surface area (Å²) in [5, 5.41) is 9.07.